The number of aliphatic hydroxyl groups excluding tert-OH is 1. The van der Waals surface area contributed by atoms with Crippen molar-refractivity contribution in [2.45, 2.75) is 43.7 Å². The van der Waals surface area contributed by atoms with Crippen molar-refractivity contribution in [1.29, 1.82) is 0 Å². The minimum absolute atomic E-state index is 0.0110. The number of anilines is 1. The molecule has 3 fully saturated rings. The van der Waals surface area contributed by atoms with E-state index in [0.29, 0.717) is 18.2 Å². The van der Waals surface area contributed by atoms with Crippen LogP contribution in [0.5, 0.6) is 0 Å². The number of amides is 3. The third-order valence-electron chi connectivity index (χ3n) is 7.14. The Kier molecular flexibility index (Phi) is 6.06. The van der Waals surface area contributed by atoms with Crippen LogP contribution in [0.4, 0.5) is 10.5 Å². The van der Waals surface area contributed by atoms with E-state index in [1.54, 1.807) is 9.80 Å². The fourth-order valence-corrected chi connectivity index (χ4v) is 5.42. The van der Waals surface area contributed by atoms with E-state index in [2.05, 4.69) is 29.3 Å². The molecule has 2 saturated heterocycles. The van der Waals surface area contributed by atoms with E-state index >= 15 is 0 Å². The summed E-state index contributed by atoms with van der Waals surface area (Å²) in [7, 11) is 0. The number of para-hydroxylation sites is 1. The Balaban J connectivity index is 1.29. The first-order valence-electron chi connectivity index (χ1n) is 11.8. The lowest BCUT2D eigenvalue weighted by Gasteiger charge is -2.58. The van der Waals surface area contributed by atoms with Crippen LogP contribution >= 0.6 is 0 Å². The van der Waals surface area contributed by atoms with Gasteiger partial charge in [-0.05, 0) is 42.7 Å². The molecule has 2 N–H and O–H groups in total. The van der Waals surface area contributed by atoms with Crippen LogP contribution in [0, 0.1) is 17.8 Å². The second-order valence-corrected chi connectivity index (χ2v) is 9.19. The molecular weight excluding hydrogens is 414 g/mol. The first-order valence-corrected chi connectivity index (χ1v) is 11.8. The minimum Gasteiger partial charge on any atom is -0.394 e. The second kappa shape index (κ2) is 9.29. The van der Waals surface area contributed by atoms with E-state index in [0.717, 1.165) is 11.1 Å². The molecule has 3 aliphatic rings. The van der Waals surface area contributed by atoms with Gasteiger partial charge in [0.2, 0.25) is 5.91 Å². The van der Waals surface area contributed by atoms with Crippen LogP contribution in [-0.4, -0.2) is 58.6 Å². The number of benzene rings is 2. The molecule has 33 heavy (non-hydrogen) atoms. The van der Waals surface area contributed by atoms with Crippen LogP contribution in [0.15, 0.2) is 54.6 Å². The summed E-state index contributed by atoms with van der Waals surface area (Å²) >= 11 is 0. The van der Waals surface area contributed by atoms with Gasteiger partial charge in [0.25, 0.3) is 0 Å². The van der Waals surface area contributed by atoms with Gasteiger partial charge >= 0.3 is 6.03 Å². The molecule has 0 unspecified atom stereocenters. The summed E-state index contributed by atoms with van der Waals surface area (Å²) in [5.74, 6) is 7.07. The molecule has 0 aromatic heterocycles. The Morgan fingerprint density at radius 3 is 2.48 bits per heavy atom. The Bertz CT molecular complexity index is 1070. The topological polar surface area (TPSA) is 72.9 Å². The van der Waals surface area contributed by atoms with E-state index in [4.69, 9.17) is 0 Å². The fourth-order valence-electron chi connectivity index (χ4n) is 5.42. The molecule has 2 aromatic carbocycles. The molecule has 2 aliphatic heterocycles. The van der Waals surface area contributed by atoms with E-state index in [1.807, 2.05) is 42.5 Å². The van der Waals surface area contributed by atoms with Crippen LogP contribution in [-0.2, 0) is 4.79 Å². The number of hydrogen-bond donors (Lipinski definition) is 2. The molecule has 2 heterocycles. The monoisotopic (exact) mass is 443 g/mol. The highest BCUT2D eigenvalue weighted by atomic mass is 16.3. The molecule has 1 saturated carbocycles. The van der Waals surface area contributed by atoms with Gasteiger partial charge in [-0.25, -0.2) is 4.79 Å². The summed E-state index contributed by atoms with van der Waals surface area (Å²) in [6.07, 6.45) is 4.95. The van der Waals surface area contributed by atoms with E-state index < -0.39 is 0 Å². The van der Waals surface area contributed by atoms with E-state index in [9.17, 15) is 14.7 Å². The van der Waals surface area contributed by atoms with Gasteiger partial charge in [-0.2, -0.15) is 0 Å². The van der Waals surface area contributed by atoms with E-state index in [-0.39, 0.29) is 43.1 Å². The number of nitrogens with one attached hydrogen (secondary N) is 1. The molecule has 0 bridgehead atoms. The first kappa shape index (κ1) is 21.5. The maximum Gasteiger partial charge on any atom is 0.322 e. The molecule has 3 atom stereocenters. The summed E-state index contributed by atoms with van der Waals surface area (Å²) < 4.78 is 0. The number of urea groups is 1. The van der Waals surface area contributed by atoms with Crippen LogP contribution in [0.1, 0.15) is 42.7 Å². The zero-order valence-corrected chi connectivity index (χ0v) is 18.6. The molecule has 3 amide bonds. The molecular formula is C27H29N3O3. The zero-order chi connectivity index (χ0) is 22.8. The predicted molar refractivity (Wildman–Crippen MR) is 127 cm³/mol. The summed E-state index contributed by atoms with van der Waals surface area (Å²) in [5.41, 5.74) is 2.76. The van der Waals surface area contributed by atoms with Crippen molar-refractivity contribution < 1.29 is 14.7 Å². The first-order chi connectivity index (χ1) is 16.1. The van der Waals surface area contributed by atoms with Crippen molar-refractivity contribution >= 4 is 17.6 Å². The molecule has 6 heteroatoms. The summed E-state index contributed by atoms with van der Waals surface area (Å²) in [6, 6.07) is 16.7. The quantitative estimate of drug-likeness (QED) is 0.714. The van der Waals surface area contributed by atoms with Crippen molar-refractivity contribution in [2.75, 3.05) is 25.0 Å². The Morgan fingerprint density at radius 1 is 1.06 bits per heavy atom. The fraction of sp³-hybridized carbons (Fsp3) is 0.407. The van der Waals surface area contributed by atoms with Gasteiger partial charge in [0.05, 0.1) is 18.7 Å². The number of hydrogen-bond acceptors (Lipinski definition) is 3. The average Bonchev–Trinajstić information content (AvgIpc) is 3.34. The lowest BCUT2D eigenvalue weighted by atomic mass is 9.73. The molecule has 170 valence electrons. The minimum atomic E-state index is -0.280. The van der Waals surface area contributed by atoms with Crippen molar-refractivity contribution in [2.24, 2.45) is 5.92 Å². The van der Waals surface area contributed by atoms with Crippen molar-refractivity contribution in [3.8, 4) is 11.8 Å². The number of carbonyl (C=O) groups is 2. The second-order valence-electron chi connectivity index (χ2n) is 9.19. The number of aliphatic hydroxyl groups is 1. The SMILES string of the molecule is O=C(Nc1ccccc1)N1CC(=O)N2[C@@H](CO)[C@H](c3ccc(C#CC4CCCC4)cc3)[C@@H]2C1. The van der Waals surface area contributed by atoms with Crippen LogP contribution in [0.3, 0.4) is 0 Å². The third kappa shape index (κ3) is 4.34. The normalized spacial score (nSPS) is 24.5. The zero-order valence-electron chi connectivity index (χ0n) is 18.6. The van der Waals surface area contributed by atoms with Crippen molar-refractivity contribution in [3.05, 3.63) is 65.7 Å². The number of piperazine rings is 1. The maximum atomic E-state index is 12.8. The molecule has 1 aliphatic carbocycles. The Labute approximate surface area is 194 Å². The van der Waals surface area contributed by atoms with Crippen LogP contribution in [0.2, 0.25) is 0 Å². The number of fused-ring (bicyclic) bond motifs is 1. The predicted octanol–water partition coefficient (Wildman–Crippen LogP) is 3.43. The van der Waals surface area contributed by atoms with Gasteiger partial charge in [-0.3, -0.25) is 4.79 Å². The smallest absolute Gasteiger partial charge is 0.322 e. The molecule has 6 nitrogen and oxygen atoms in total. The Hall–Kier alpha value is -3.30. The molecule has 0 radical (unpaired) electrons. The van der Waals surface area contributed by atoms with Crippen molar-refractivity contribution in [3.63, 3.8) is 0 Å². The highest BCUT2D eigenvalue weighted by Crippen LogP contribution is 2.43. The summed E-state index contributed by atoms with van der Waals surface area (Å²) in [6.45, 7) is 0.370. The van der Waals surface area contributed by atoms with Gasteiger partial charge in [0, 0.05) is 29.6 Å². The maximum absolute atomic E-state index is 12.8. The molecule has 0 spiro atoms. The largest absolute Gasteiger partial charge is 0.394 e. The molecule has 2 aromatic rings. The van der Waals surface area contributed by atoms with Crippen molar-refractivity contribution in [1.82, 2.24) is 9.80 Å². The average molecular weight is 444 g/mol. The van der Waals surface area contributed by atoms with Gasteiger partial charge in [0.15, 0.2) is 0 Å². The van der Waals surface area contributed by atoms with Crippen LogP contribution < -0.4 is 5.32 Å². The van der Waals surface area contributed by atoms with Gasteiger partial charge in [-0.15, -0.1) is 0 Å². The van der Waals surface area contributed by atoms with Crippen LogP contribution in [0.25, 0.3) is 0 Å². The van der Waals surface area contributed by atoms with Gasteiger partial charge < -0.3 is 20.2 Å². The molecule has 5 rings (SSSR count). The Morgan fingerprint density at radius 2 is 1.79 bits per heavy atom. The highest BCUT2D eigenvalue weighted by molar-refractivity contribution is 5.93. The standard InChI is InChI=1S/C27H29N3O3/c31-18-24-26(21-14-12-20(13-15-21)11-10-19-6-4-5-7-19)23-16-29(17-25(32)30(23)24)27(33)28-22-8-2-1-3-9-22/h1-3,8-9,12-15,19,23-24,26,31H,4-7,16-18H2,(H,28,33)/t23-,24-,26+/m0/s1. The number of carbonyl (C=O) groups excluding carboxylic acids is 2. The third-order valence-corrected chi connectivity index (χ3v) is 7.14. The number of nitrogens with zero attached hydrogens (tertiary/aromatic N) is 2. The summed E-state index contributed by atoms with van der Waals surface area (Å²) in [5, 5.41) is 12.9. The highest BCUT2D eigenvalue weighted by Gasteiger charge is 2.54. The van der Waals surface area contributed by atoms with Gasteiger partial charge in [0.1, 0.15) is 6.54 Å². The number of rotatable bonds is 3. The van der Waals surface area contributed by atoms with E-state index in [1.165, 1.54) is 25.7 Å². The van der Waals surface area contributed by atoms with Gasteiger partial charge in [-0.1, -0.05) is 55.0 Å². The lowest BCUT2D eigenvalue weighted by molar-refractivity contribution is -0.159. The lowest BCUT2D eigenvalue weighted by Crippen LogP contribution is -2.73. The summed E-state index contributed by atoms with van der Waals surface area (Å²) in [4.78, 5) is 28.9.